The zero-order valence-electron chi connectivity index (χ0n) is 27.8. The fourth-order valence-electron chi connectivity index (χ4n) is 5.31. The normalized spacial score (nSPS) is 14.2. The van der Waals surface area contributed by atoms with Crippen LogP contribution in [0.3, 0.4) is 0 Å². The number of hydrogen-bond acceptors (Lipinski definition) is 0. The van der Waals surface area contributed by atoms with Gasteiger partial charge in [0.25, 0.3) is 0 Å². The second-order valence-corrected chi connectivity index (χ2v) is 11.0. The molecule has 0 radical (unpaired) electrons. The molecule has 0 saturated carbocycles. The average molecular weight is 609 g/mol. The largest absolute Gasteiger partial charge is 0.0991 e. The van der Waals surface area contributed by atoms with Crippen molar-refractivity contribution in [3.63, 3.8) is 0 Å². The van der Waals surface area contributed by atoms with Gasteiger partial charge in [0.2, 0.25) is 0 Å². The fourth-order valence-corrected chi connectivity index (χ4v) is 5.31. The first-order valence-electron chi connectivity index (χ1n) is 16.1. The molecule has 0 aliphatic rings. The Morgan fingerprint density at radius 1 is 0.574 bits per heavy atom. The van der Waals surface area contributed by atoms with Crippen LogP contribution >= 0.6 is 0 Å². The first-order valence-corrected chi connectivity index (χ1v) is 16.1. The Morgan fingerprint density at radius 3 is 1.87 bits per heavy atom. The molecule has 0 N–H and O–H groups in total. The first-order chi connectivity index (χ1) is 23.0. The van der Waals surface area contributed by atoms with Crippen molar-refractivity contribution in [3.05, 3.63) is 222 Å². The summed E-state index contributed by atoms with van der Waals surface area (Å²) in [6.45, 7) is 14.6. The maximum atomic E-state index is 4.56. The lowest BCUT2D eigenvalue weighted by Gasteiger charge is -2.15. The summed E-state index contributed by atoms with van der Waals surface area (Å²) < 4.78 is 0. The van der Waals surface area contributed by atoms with E-state index in [9.17, 15) is 0 Å². The van der Waals surface area contributed by atoms with Gasteiger partial charge in [-0.25, -0.2) is 0 Å². The van der Waals surface area contributed by atoms with Gasteiger partial charge in [-0.05, 0) is 93.1 Å². The van der Waals surface area contributed by atoms with E-state index in [1.807, 2.05) is 30.4 Å². The number of allylic oxidation sites excluding steroid dienone is 18. The first kappa shape index (κ1) is 34.2. The van der Waals surface area contributed by atoms with Crippen LogP contribution in [0.4, 0.5) is 0 Å². The van der Waals surface area contributed by atoms with Crippen LogP contribution in [-0.2, 0) is 0 Å². The van der Waals surface area contributed by atoms with Crippen LogP contribution in [0.15, 0.2) is 206 Å². The van der Waals surface area contributed by atoms with Gasteiger partial charge < -0.3 is 0 Å². The standard InChI is InChI=1S/C47H44/c1-6-9-10-11-12-13-15-25-40-27-18-19-28-41(40)26-17-14-16-24-39(8-3)37(4)47(23-7-2)38(5)43-31-22-32-45(35-43)46-34-33-42-29-20-21-30-44(42)36-46/h6-36H,1,5H2,2-4H3/b10-9+,12-11-,15-13+,17-14-,23-7-,24-16+,39-8+,40-25+,41-26-,47-37-. The predicted octanol–water partition coefficient (Wildman–Crippen LogP) is 11.6. The Kier molecular flexibility index (Phi) is 13.3. The summed E-state index contributed by atoms with van der Waals surface area (Å²) in [5, 5.41) is 4.82. The van der Waals surface area contributed by atoms with E-state index < -0.39 is 0 Å². The van der Waals surface area contributed by atoms with E-state index in [1.165, 1.54) is 32.7 Å². The second kappa shape index (κ2) is 18.3. The molecule has 4 aromatic carbocycles. The molecule has 0 aromatic heterocycles. The van der Waals surface area contributed by atoms with E-state index in [0.717, 1.165) is 27.5 Å². The highest BCUT2D eigenvalue weighted by atomic mass is 14.1. The maximum absolute atomic E-state index is 4.56. The van der Waals surface area contributed by atoms with Gasteiger partial charge in [0, 0.05) is 0 Å². The van der Waals surface area contributed by atoms with Crippen LogP contribution < -0.4 is 10.4 Å². The smallest absolute Gasteiger partial charge is 0.0152 e. The molecule has 0 heteroatoms. The van der Waals surface area contributed by atoms with E-state index >= 15 is 0 Å². The molecule has 0 spiro atoms. The van der Waals surface area contributed by atoms with Crippen LogP contribution in [0, 0.1) is 0 Å². The molecule has 0 heterocycles. The third kappa shape index (κ3) is 9.88. The van der Waals surface area contributed by atoms with Gasteiger partial charge in [-0.2, -0.15) is 0 Å². The lowest BCUT2D eigenvalue weighted by atomic mass is 9.90. The topological polar surface area (TPSA) is 0 Å². The van der Waals surface area contributed by atoms with Crippen LogP contribution in [-0.4, -0.2) is 0 Å². The molecule has 0 saturated heterocycles. The van der Waals surface area contributed by atoms with Crippen molar-refractivity contribution < 1.29 is 0 Å². The second-order valence-electron chi connectivity index (χ2n) is 11.0. The zero-order valence-corrected chi connectivity index (χ0v) is 27.8. The summed E-state index contributed by atoms with van der Waals surface area (Å²) in [5.41, 5.74) is 7.97. The van der Waals surface area contributed by atoms with Crippen LogP contribution in [0.2, 0.25) is 0 Å². The molecule has 0 atom stereocenters. The number of rotatable bonds is 12. The van der Waals surface area contributed by atoms with Gasteiger partial charge in [0.1, 0.15) is 0 Å². The molecule has 0 bridgehead atoms. The van der Waals surface area contributed by atoms with Crippen LogP contribution in [0.5, 0.6) is 0 Å². The highest BCUT2D eigenvalue weighted by molar-refractivity contribution is 5.89. The van der Waals surface area contributed by atoms with Crippen molar-refractivity contribution in [2.75, 3.05) is 0 Å². The Balaban J connectivity index is 1.54. The molecule has 47 heavy (non-hydrogen) atoms. The molecule has 0 fully saturated rings. The Hall–Kier alpha value is -5.72. The minimum Gasteiger partial charge on any atom is -0.0991 e. The lowest BCUT2D eigenvalue weighted by Crippen LogP contribution is -2.22. The van der Waals surface area contributed by atoms with Gasteiger partial charge in [0.05, 0.1) is 0 Å². The quantitative estimate of drug-likeness (QED) is 0.140. The Morgan fingerprint density at radius 2 is 1.19 bits per heavy atom. The van der Waals surface area contributed by atoms with Gasteiger partial charge >= 0.3 is 0 Å². The molecule has 0 aliphatic heterocycles. The molecule has 0 nitrogen and oxygen atoms in total. The van der Waals surface area contributed by atoms with Crippen LogP contribution in [0.25, 0.3) is 39.6 Å². The molecule has 232 valence electrons. The summed E-state index contributed by atoms with van der Waals surface area (Å²) >= 11 is 0. The third-order valence-electron chi connectivity index (χ3n) is 7.84. The van der Waals surface area contributed by atoms with Crippen molar-refractivity contribution in [3.8, 4) is 11.1 Å². The van der Waals surface area contributed by atoms with Crippen molar-refractivity contribution in [1.82, 2.24) is 0 Å². The van der Waals surface area contributed by atoms with E-state index in [1.54, 1.807) is 6.08 Å². The van der Waals surface area contributed by atoms with E-state index in [-0.39, 0.29) is 0 Å². The summed E-state index contributed by atoms with van der Waals surface area (Å²) in [7, 11) is 0. The highest BCUT2D eigenvalue weighted by Crippen LogP contribution is 2.32. The predicted molar refractivity (Wildman–Crippen MR) is 210 cm³/mol. The molecule has 4 aromatic rings. The SMILES string of the molecule is C=C/C=C/C=C\C=C\C=c1/cccc/c1=C/C=C\C=C\C(=C/C)C(\C)=C(\C=C/C)C(=C)c1cccc(-c2ccc3ccccc3c2)c1. The number of hydrogen-bond donors (Lipinski definition) is 0. The van der Waals surface area contributed by atoms with E-state index in [2.05, 4.69) is 186 Å². The Bertz CT molecular complexity index is 2080. The monoisotopic (exact) mass is 608 g/mol. The summed E-state index contributed by atoms with van der Waals surface area (Å²) in [4.78, 5) is 0. The van der Waals surface area contributed by atoms with Gasteiger partial charge in [-0.3, -0.25) is 0 Å². The minimum atomic E-state index is 1.01. The lowest BCUT2D eigenvalue weighted by molar-refractivity contribution is 1.36. The average Bonchev–Trinajstić information content (AvgIpc) is 3.11. The van der Waals surface area contributed by atoms with Gasteiger partial charge in [-0.1, -0.05) is 189 Å². The number of fused-ring (bicyclic) bond motifs is 1. The molecule has 4 rings (SSSR count). The van der Waals surface area contributed by atoms with Crippen molar-refractivity contribution in [2.24, 2.45) is 0 Å². The van der Waals surface area contributed by atoms with Crippen molar-refractivity contribution in [1.29, 1.82) is 0 Å². The minimum absolute atomic E-state index is 1.01. The molecular formula is C47H44. The third-order valence-corrected chi connectivity index (χ3v) is 7.84. The summed E-state index contributed by atoms with van der Waals surface area (Å²) in [6, 6.07) is 32.2. The Labute approximate surface area is 281 Å². The molecule has 0 aliphatic carbocycles. The number of benzene rings is 4. The highest BCUT2D eigenvalue weighted by Gasteiger charge is 2.10. The molecular weight excluding hydrogens is 565 g/mol. The molecule has 0 amide bonds. The van der Waals surface area contributed by atoms with Crippen molar-refractivity contribution in [2.45, 2.75) is 20.8 Å². The van der Waals surface area contributed by atoms with Crippen LogP contribution in [0.1, 0.15) is 26.3 Å². The zero-order chi connectivity index (χ0) is 33.3. The van der Waals surface area contributed by atoms with Crippen molar-refractivity contribution >= 4 is 28.5 Å². The van der Waals surface area contributed by atoms with Gasteiger partial charge in [0.15, 0.2) is 0 Å². The summed E-state index contributed by atoms with van der Waals surface area (Å²) in [5.74, 6) is 0. The maximum Gasteiger partial charge on any atom is -0.0152 e. The summed E-state index contributed by atoms with van der Waals surface area (Å²) in [6.07, 6.45) is 32.8. The fraction of sp³-hybridized carbons (Fsp3) is 0.0638. The molecule has 0 unspecified atom stereocenters. The van der Waals surface area contributed by atoms with E-state index in [4.69, 9.17) is 0 Å². The van der Waals surface area contributed by atoms with Gasteiger partial charge in [-0.15, -0.1) is 0 Å². The van der Waals surface area contributed by atoms with E-state index in [0.29, 0.717) is 0 Å².